The number of fused-ring (bicyclic) bond motifs is 2. The fourth-order valence-corrected chi connectivity index (χ4v) is 7.27. The average molecular weight is 747 g/mol. The highest BCUT2D eigenvalue weighted by Gasteiger charge is 2.34. The number of piperidine rings is 2. The highest BCUT2D eigenvalue weighted by atomic mass is 35.5. The van der Waals surface area contributed by atoms with Gasteiger partial charge < -0.3 is 20.2 Å². The van der Waals surface area contributed by atoms with Crippen molar-refractivity contribution in [3.8, 4) is 0 Å². The van der Waals surface area contributed by atoms with Crippen LogP contribution >= 0.6 is 11.6 Å². The molecule has 3 aromatic heterocycles. The van der Waals surface area contributed by atoms with Crippen LogP contribution in [0.4, 0.5) is 27.5 Å². The number of amides is 3. The largest absolute Gasteiger partial charge is 0.390 e. The van der Waals surface area contributed by atoms with Crippen LogP contribution in [0.3, 0.4) is 0 Å². The lowest BCUT2D eigenvalue weighted by atomic mass is 9.92. The molecule has 0 aliphatic carbocycles. The van der Waals surface area contributed by atoms with Crippen molar-refractivity contribution < 1.29 is 23.9 Å². The van der Waals surface area contributed by atoms with Crippen LogP contribution in [0.1, 0.15) is 57.6 Å². The van der Waals surface area contributed by atoms with E-state index in [-0.39, 0.29) is 77.6 Å². The quantitative estimate of drug-likeness (QED) is 0.188. The second kappa shape index (κ2) is 13.6. The summed E-state index contributed by atoms with van der Waals surface area (Å²) in [6, 6.07) is 8.50. The number of carbonyl (C=O) groups is 3. The number of imidazole rings is 1. The maximum atomic E-state index is 16.1. The van der Waals surface area contributed by atoms with E-state index in [1.54, 1.807) is 55.5 Å². The van der Waals surface area contributed by atoms with E-state index in [0.717, 1.165) is 10.9 Å². The summed E-state index contributed by atoms with van der Waals surface area (Å²) in [4.78, 5) is 63.3. The van der Waals surface area contributed by atoms with Gasteiger partial charge in [-0.2, -0.15) is 10.1 Å². The van der Waals surface area contributed by atoms with Crippen LogP contribution in [0, 0.1) is 5.82 Å². The Bertz CT molecular complexity index is 2360. The summed E-state index contributed by atoms with van der Waals surface area (Å²) >= 11 is 6.47. The standard InChI is InChI=1S/C36H40ClFN10O5/c1-36(2,53)13-15-48-31-25(45(4)35(48)52)10-9-24(29(31)38)40-32-23(37)18-39-34(42-32)44(3)19-12-14-47(28(50)17-19)20-6-7-21-26(16-20)46(5)43-30(21)22-8-11-27(49)41-33(22)51/h6-7,9-10,16,18-19,22,53H,8,11-15,17H2,1-5H3,(H,39,40,42)(H,41,49,51)/t19-,22?/m1/s1. The summed E-state index contributed by atoms with van der Waals surface area (Å²) in [7, 11) is 5.14. The Morgan fingerprint density at radius 2 is 1.89 bits per heavy atom. The van der Waals surface area contributed by atoms with E-state index in [9.17, 15) is 24.3 Å². The molecular weight excluding hydrogens is 707 g/mol. The Morgan fingerprint density at radius 1 is 1.11 bits per heavy atom. The molecule has 2 atom stereocenters. The van der Waals surface area contributed by atoms with Gasteiger partial charge in [-0.25, -0.2) is 14.2 Å². The van der Waals surface area contributed by atoms with Gasteiger partial charge in [-0.05, 0) is 63.4 Å². The van der Waals surface area contributed by atoms with E-state index in [4.69, 9.17) is 11.6 Å². The van der Waals surface area contributed by atoms with Gasteiger partial charge in [0.2, 0.25) is 23.7 Å². The number of carbonyl (C=O) groups excluding carboxylic acids is 3. The topological polar surface area (TPSA) is 173 Å². The van der Waals surface area contributed by atoms with E-state index >= 15 is 4.39 Å². The van der Waals surface area contributed by atoms with Gasteiger partial charge in [0.15, 0.2) is 11.6 Å². The third-order valence-electron chi connectivity index (χ3n) is 10.2. The van der Waals surface area contributed by atoms with E-state index in [1.807, 2.05) is 18.2 Å². The van der Waals surface area contributed by atoms with Gasteiger partial charge in [0.25, 0.3) is 0 Å². The Hall–Kier alpha value is -5.35. The molecule has 278 valence electrons. The van der Waals surface area contributed by atoms with Crippen molar-refractivity contribution >= 4 is 74.4 Å². The molecule has 5 heterocycles. The minimum atomic E-state index is -1.05. The van der Waals surface area contributed by atoms with Crippen molar-refractivity contribution in [3.63, 3.8) is 0 Å². The Labute approximate surface area is 308 Å². The molecule has 0 saturated carbocycles. The lowest BCUT2D eigenvalue weighted by Gasteiger charge is -2.36. The maximum Gasteiger partial charge on any atom is 0.328 e. The van der Waals surface area contributed by atoms with E-state index in [0.29, 0.717) is 36.3 Å². The number of rotatable bonds is 9. The van der Waals surface area contributed by atoms with Crippen LogP contribution in [0.25, 0.3) is 21.9 Å². The first-order chi connectivity index (χ1) is 25.1. The number of nitrogens with one attached hydrogen (secondary N) is 2. The molecule has 2 aromatic carbocycles. The summed E-state index contributed by atoms with van der Waals surface area (Å²) in [5, 5.41) is 21.1. The van der Waals surface area contributed by atoms with Gasteiger partial charge in [0, 0.05) is 64.2 Å². The number of benzene rings is 2. The molecule has 0 spiro atoms. The SMILES string of the molecule is CN(c1ncc(Cl)c(Nc2ccc3c(c2F)n(CCC(C)(C)O)c(=O)n3C)n1)[C@@H]1CCN(c2ccc3c(C4CCC(=O)NC4=O)nn(C)c3c2)C(=O)C1. The van der Waals surface area contributed by atoms with E-state index < -0.39 is 23.0 Å². The molecular formula is C36H40ClFN10O5. The van der Waals surface area contributed by atoms with Gasteiger partial charge in [0.1, 0.15) is 10.5 Å². The minimum absolute atomic E-state index is 0.0485. The summed E-state index contributed by atoms with van der Waals surface area (Å²) in [5.41, 5.74) is 1.17. The first-order valence-corrected chi connectivity index (χ1v) is 17.7. The van der Waals surface area contributed by atoms with Gasteiger partial charge in [-0.15, -0.1) is 0 Å². The number of halogens is 2. The summed E-state index contributed by atoms with van der Waals surface area (Å²) < 4.78 is 20.4. The van der Waals surface area contributed by atoms with Crippen LogP contribution in [-0.4, -0.2) is 76.9 Å². The first kappa shape index (κ1) is 36.0. The fourth-order valence-electron chi connectivity index (χ4n) is 7.13. The zero-order chi connectivity index (χ0) is 37.9. The number of anilines is 4. The second-order valence-corrected chi connectivity index (χ2v) is 14.8. The number of hydrogen-bond acceptors (Lipinski definition) is 10. The highest BCUT2D eigenvalue weighted by Crippen LogP contribution is 2.35. The molecule has 2 fully saturated rings. The lowest BCUT2D eigenvalue weighted by Crippen LogP contribution is -2.47. The van der Waals surface area contributed by atoms with Crippen molar-refractivity contribution in [1.29, 1.82) is 0 Å². The van der Waals surface area contributed by atoms with Crippen LogP contribution < -0.4 is 26.1 Å². The maximum absolute atomic E-state index is 16.1. The molecule has 7 rings (SSSR count). The molecule has 53 heavy (non-hydrogen) atoms. The molecule has 3 amide bonds. The van der Waals surface area contributed by atoms with Gasteiger partial charge >= 0.3 is 5.69 Å². The van der Waals surface area contributed by atoms with E-state index in [1.165, 1.54) is 21.4 Å². The fraction of sp³-hybridized carbons (Fsp3) is 0.417. The molecule has 15 nitrogen and oxygen atoms in total. The molecule has 1 unspecified atom stereocenters. The number of nitrogens with zero attached hydrogens (tertiary/aromatic N) is 8. The minimum Gasteiger partial charge on any atom is -0.390 e. The van der Waals surface area contributed by atoms with Gasteiger partial charge in [-0.1, -0.05) is 11.6 Å². The summed E-state index contributed by atoms with van der Waals surface area (Å²) in [6.45, 7) is 3.80. The smallest absolute Gasteiger partial charge is 0.328 e. The number of imide groups is 1. The Morgan fingerprint density at radius 3 is 2.60 bits per heavy atom. The zero-order valence-electron chi connectivity index (χ0n) is 30.0. The Balaban J connectivity index is 1.08. The first-order valence-electron chi connectivity index (χ1n) is 17.3. The van der Waals surface area contributed by atoms with E-state index in [2.05, 4.69) is 25.7 Å². The summed E-state index contributed by atoms with van der Waals surface area (Å²) in [5.74, 6) is -1.51. The lowest BCUT2D eigenvalue weighted by molar-refractivity contribution is -0.134. The van der Waals surface area contributed by atoms with Crippen molar-refractivity contribution in [2.24, 2.45) is 14.1 Å². The van der Waals surface area contributed by atoms with Crippen molar-refractivity contribution in [2.45, 2.75) is 70.1 Å². The highest BCUT2D eigenvalue weighted by molar-refractivity contribution is 6.33. The number of aliphatic hydroxyl groups is 1. The average Bonchev–Trinajstić information content (AvgIpc) is 3.56. The number of aromatic nitrogens is 6. The van der Waals surface area contributed by atoms with Gasteiger partial charge in [0.05, 0.1) is 40.1 Å². The predicted molar refractivity (Wildman–Crippen MR) is 198 cm³/mol. The number of aryl methyl sites for hydroxylation is 3. The van der Waals surface area contributed by atoms with Crippen LogP contribution in [-0.2, 0) is 35.0 Å². The normalized spacial score (nSPS) is 18.3. The van der Waals surface area contributed by atoms with Crippen LogP contribution in [0.15, 0.2) is 41.3 Å². The number of hydrogen-bond donors (Lipinski definition) is 3. The van der Waals surface area contributed by atoms with Crippen molar-refractivity contribution in [1.82, 2.24) is 34.2 Å². The predicted octanol–water partition coefficient (Wildman–Crippen LogP) is 3.87. The third-order valence-corrected chi connectivity index (χ3v) is 10.5. The molecule has 0 radical (unpaired) electrons. The zero-order valence-corrected chi connectivity index (χ0v) is 30.7. The molecule has 5 aromatic rings. The van der Waals surface area contributed by atoms with Crippen molar-refractivity contribution in [3.05, 3.63) is 63.5 Å². The van der Waals surface area contributed by atoms with Crippen LogP contribution in [0.5, 0.6) is 0 Å². The summed E-state index contributed by atoms with van der Waals surface area (Å²) in [6.07, 6.45) is 3.07. The van der Waals surface area contributed by atoms with Crippen LogP contribution in [0.2, 0.25) is 5.02 Å². The molecule has 0 bridgehead atoms. The third kappa shape index (κ3) is 6.72. The molecule has 2 aliphatic rings. The van der Waals surface area contributed by atoms with Crippen molar-refractivity contribution in [2.75, 3.05) is 28.7 Å². The Kier molecular flexibility index (Phi) is 9.22. The second-order valence-electron chi connectivity index (χ2n) is 14.4. The molecule has 2 aliphatic heterocycles. The monoisotopic (exact) mass is 746 g/mol. The molecule has 17 heteroatoms. The molecule has 2 saturated heterocycles. The van der Waals surface area contributed by atoms with Gasteiger partial charge in [-0.3, -0.25) is 33.5 Å². The molecule has 3 N–H and O–H groups in total.